The van der Waals surface area contributed by atoms with Gasteiger partial charge in [0.05, 0.1) is 48.1 Å². The van der Waals surface area contributed by atoms with Crippen LogP contribution in [0.15, 0.2) is 158 Å². The molecule has 79 heavy (non-hydrogen) atoms. The minimum absolute atomic E-state index is 0.448. The molecule has 0 fully saturated rings. The van der Waals surface area contributed by atoms with E-state index in [1.165, 1.54) is 24.0 Å². The minimum Gasteiger partial charge on any atom is -0.456 e. The van der Waals surface area contributed by atoms with Crippen molar-refractivity contribution in [1.29, 1.82) is 0 Å². The Morgan fingerprint density at radius 2 is 0.797 bits per heavy atom. The average molecular weight is 1050 g/mol. The Morgan fingerprint density at radius 3 is 1.16 bits per heavy atom. The quantitative estimate of drug-likeness (QED) is 0.106. The van der Waals surface area contributed by atoms with Gasteiger partial charge in [0.1, 0.15) is 23.0 Å². The molecule has 2 amide bonds. The van der Waals surface area contributed by atoms with Crippen molar-refractivity contribution in [1.82, 2.24) is 0 Å². The van der Waals surface area contributed by atoms with E-state index in [-0.39, 0.29) is 0 Å². The highest BCUT2D eigenvalue weighted by atomic mass is 16.6. The molecular formula is C65H56N4O10. The SMILES string of the molecule is COC(=O)N(c1ccc(C(C)(C)c2ccc(N(C(=O)OC)c3cc4c(cc3C)Oc3cc(N(C)C)ccc3C43OC(=O)c4ccccc43)cc2)cc1)c1cc2c(cc1C)Oc1cc(N(C)C)ccc1C21OC(=O)c2ccccc21. The number of ether oxygens (including phenoxy) is 6. The summed E-state index contributed by atoms with van der Waals surface area (Å²) in [4.78, 5) is 62.6. The van der Waals surface area contributed by atoms with E-state index in [1.54, 1.807) is 12.1 Å². The molecule has 0 aromatic heterocycles. The lowest BCUT2D eigenvalue weighted by Crippen LogP contribution is -2.34. The maximum atomic E-state index is 14.1. The normalized spacial score (nSPS) is 16.9. The van der Waals surface area contributed by atoms with Crippen molar-refractivity contribution in [3.8, 4) is 23.0 Å². The molecule has 396 valence electrons. The lowest BCUT2D eigenvalue weighted by atomic mass is 9.77. The monoisotopic (exact) mass is 1050 g/mol. The summed E-state index contributed by atoms with van der Waals surface area (Å²) in [5.41, 5.74) is 8.58. The van der Waals surface area contributed by atoms with Gasteiger partial charge in [-0.15, -0.1) is 0 Å². The first-order valence-corrected chi connectivity index (χ1v) is 25.8. The number of methoxy groups -OCH3 is 2. The van der Waals surface area contributed by atoms with Gasteiger partial charge < -0.3 is 38.2 Å². The van der Waals surface area contributed by atoms with Crippen molar-refractivity contribution in [3.05, 3.63) is 224 Å². The van der Waals surface area contributed by atoms with E-state index in [2.05, 4.69) is 13.8 Å². The fraction of sp³-hybridized carbons (Fsp3) is 0.200. The Morgan fingerprint density at radius 1 is 0.443 bits per heavy atom. The molecule has 0 saturated carbocycles. The Hall–Kier alpha value is -9.56. The first kappa shape index (κ1) is 50.3. The molecule has 4 heterocycles. The number of hydrogen-bond acceptors (Lipinski definition) is 12. The first-order valence-electron chi connectivity index (χ1n) is 25.8. The van der Waals surface area contributed by atoms with E-state index >= 15 is 0 Å². The molecule has 12 rings (SSSR count). The molecule has 8 aromatic carbocycles. The molecule has 0 N–H and O–H groups in total. The highest BCUT2D eigenvalue weighted by Crippen LogP contribution is 2.60. The Kier molecular flexibility index (Phi) is 11.6. The molecule has 2 atom stereocenters. The molecule has 14 heteroatoms. The van der Waals surface area contributed by atoms with Crippen molar-refractivity contribution in [2.75, 3.05) is 62.0 Å². The number of rotatable bonds is 8. The van der Waals surface area contributed by atoms with Crippen LogP contribution in [0.25, 0.3) is 0 Å². The van der Waals surface area contributed by atoms with Crippen LogP contribution in [0.3, 0.4) is 0 Å². The van der Waals surface area contributed by atoms with E-state index in [0.717, 1.165) is 22.5 Å². The van der Waals surface area contributed by atoms with Crippen molar-refractivity contribution >= 4 is 58.2 Å². The lowest BCUT2D eigenvalue weighted by molar-refractivity contribution is 0.0214. The van der Waals surface area contributed by atoms with Gasteiger partial charge in [-0.25, -0.2) is 29.0 Å². The van der Waals surface area contributed by atoms with Crippen LogP contribution >= 0.6 is 0 Å². The lowest BCUT2D eigenvalue weighted by Gasteiger charge is -2.38. The van der Waals surface area contributed by atoms with Gasteiger partial charge in [-0.3, -0.25) is 0 Å². The largest absolute Gasteiger partial charge is 0.456 e. The number of benzene rings is 8. The summed E-state index contributed by atoms with van der Waals surface area (Å²) >= 11 is 0. The Labute approximate surface area is 457 Å². The van der Waals surface area contributed by atoms with Gasteiger partial charge in [-0.2, -0.15) is 0 Å². The van der Waals surface area contributed by atoms with Gasteiger partial charge in [-0.05, 0) is 121 Å². The number of nitrogens with zero attached hydrogens (tertiary/aromatic N) is 4. The molecule has 4 aliphatic rings. The molecule has 4 aliphatic heterocycles. The van der Waals surface area contributed by atoms with Crippen molar-refractivity contribution in [2.24, 2.45) is 0 Å². The minimum atomic E-state index is -1.37. The molecule has 0 radical (unpaired) electrons. The second-order valence-corrected chi connectivity index (χ2v) is 21.2. The highest BCUT2D eigenvalue weighted by Gasteiger charge is 2.56. The number of carbonyl (C=O) groups is 4. The van der Waals surface area contributed by atoms with Crippen LogP contribution in [-0.2, 0) is 35.6 Å². The van der Waals surface area contributed by atoms with Gasteiger partial charge >= 0.3 is 24.1 Å². The highest BCUT2D eigenvalue weighted by molar-refractivity contribution is 6.01. The predicted octanol–water partition coefficient (Wildman–Crippen LogP) is 13.7. The summed E-state index contributed by atoms with van der Waals surface area (Å²) < 4.78 is 37.2. The number of hydrogen-bond donors (Lipinski definition) is 0. The van der Waals surface area contributed by atoms with E-state index in [9.17, 15) is 19.2 Å². The zero-order valence-electron chi connectivity index (χ0n) is 45.4. The van der Waals surface area contributed by atoms with Crippen LogP contribution < -0.4 is 29.1 Å². The van der Waals surface area contributed by atoms with E-state index in [4.69, 9.17) is 28.4 Å². The number of aryl methyl sites for hydroxylation is 2. The Bertz CT molecular complexity index is 3640. The van der Waals surface area contributed by atoms with Crippen LogP contribution in [0.1, 0.15) is 90.2 Å². The average Bonchev–Trinajstić information content (AvgIpc) is 3.14. The van der Waals surface area contributed by atoms with Gasteiger partial charge in [0.15, 0.2) is 11.2 Å². The van der Waals surface area contributed by atoms with Crippen LogP contribution in [0.5, 0.6) is 23.0 Å². The fourth-order valence-corrected chi connectivity index (χ4v) is 11.7. The van der Waals surface area contributed by atoms with Crippen LogP contribution in [0, 0.1) is 13.8 Å². The summed E-state index contributed by atoms with van der Waals surface area (Å²) in [5.74, 6) is 1.17. The fourth-order valence-electron chi connectivity index (χ4n) is 11.7. The number of esters is 2. The van der Waals surface area contributed by atoms with Crippen molar-refractivity contribution in [2.45, 2.75) is 44.3 Å². The third-order valence-corrected chi connectivity index (χ3v) is 16.0. The summed E-state index contributed by atoms with van der Waals surface area (Å²) in [6.07, 6.45) is -1.25. The molecule has 0 bridgehead atoms. The smallest absolute Gasteiger partial charge is 0.418 e. The third kappa shape index (κ3) is 7.52. The summed E-state index contributed by atoms with van der Waals surface area (Å²) in [7, 11) is 10.5. The van der Waals surface area contributed by atoms with E-state index in [1.807, 2.05) is 197 Å². The molecule has 0 saturated heterocycles. The van der Waals surface area contributed by atoms with Crippen molar-refractivity contribution in [3.63, 3.8) is 0 Å². The maximum absolute atomic E-state index is 14.1. The van der Waals surface area contributed by atoms with Crippen LogP contribution in [0.2, 0.25) is 0 Å². The number of amides is 2. The van der Waals surface area contributed by atoms with E-state index in [0.29, 0.717) is 101 Å². The summed E-state index contributed by atoms with van der Waals surface area (Å²) in [6.45, 7) is 8.00. The molecule has 0 aliphatic carbocycles. The summed E-state index contributed by atoms with van der Waals surface area (Å²) in [5, 5.41) is 0. The zero-order chi connectivity index (χ0) is 55.4. The van der Waals surface area contributed by atoms with Gasteiger partial charge in [0, 0.05) is 90.5 Å². The second-order valence-electron chi connectivity index (χ2n) is 21.2. The molecule has 14 nitrogen and oxygen atoms in total. The van der Waals surface area contributed by atoms with Crippen LogP contribution in [0.4, 0.5) is 43.7 Å². The first-order chi connectivity index (χ1) is 37.9. The van der Waals surface area contributed by atoms with Gasteiger partial charge in [0.25, 0.3) is 0 Å². The third-order valence-electron chi connectivity index (χ3n) is 16.0. The molecule has 8 aromatic rings. The van der Waals surface area contributed by atoms with Gasteiger partial charge in [-0.1, -0.05) is 74.5 Å². The topological polar surface area (TPSA) is 137 Å². The maximum Gasteiger partial charge on any atom is 0.418 e. The molecule has 2 spiro atoms. The Balaban J connectivity index is 0.885. The van der Waals surface area contributed by atoms with Crippen LogP contribution in [-0.4, -0.2) is 66.5 Å². The predicted molar refractivity (Wildman–Crippen MR) is 302 cm³/mol. The summed E-state index contributed by atoms with van der Waals surface area (Å²) in [6, 6.07) is 49.3. The van der Waals surface area contributed by atoms with Gasteiger partial charge in [0.2, 0.25) is 0 Å². The molecule has 2 unspecified atom stereocenters. The second kappa shape index (κ2) is 18.3. The van der Waals surface area contributed by atoms with Crippen molar-refractivity contribution < 1.29 is 47.6 Å². The number of fused-ring (bicyclic) bond motifs is 12. The van der Waals surface area contributed by atoms with E-state index < -0.39 is 40.7 Å². The number of anilines is 6. The zero-order valence-corrected chi connectivity index (χ0v) is 45.4. The number of carbonyl (C=O) groups excluding carboxylic acids is 4. The standard InChI is InChI=1S/C65H56N4O10/c1-37-31-55-51(64(47-17-13-11-15-45(47)59(70)78-64)49-29-27-43(66(5)6)33-57(49)76-55)35-53(37)68(61(72)74-9)41-23-19-39(20-24-41)63(3,4)40-21-25-42(26-22-40)69(62(73)75-10)54-36-52-56(32-38(54)2)77-58-34-44(67(7)8)28-30-50(58)65(52)48-18-14-12-16-46(48)60(71)79-65/h11-36H,1-10H3. The molecular weight excluding hydrogens is 997 g/mol.